The van der Waals surface area contributed by atoms with Gasteiger partial charge in [0, 0.05) is 0 Å². The molecule has 0 aliphatic heterocycles. The first kappa shape index (κ1) is 24.4. The highest BCUT2D eigenvalue weighted by Gasteiger charge is 2.09. The largest absolute Gasteiger partial charge is 0.383 e. The summed E-state index contributed by atoms with van der Waals surface area (Å²) in [5.74, 6) is -0.593. The second-order valence-corrected chi connectivity index (χ2v) is 6.30. The van der Waals surface area contributed by atoms with Crippen molar-refractivity contribution in [2.45, 2.75) is 109 Å². The Bertz CT molecular complexity index is 244. The zero-order valence-corrected chi connectivity index (χ0v) is 15.5. The van der Waals surface area contributed by atoms with E-state index in [0.717, 1.165) is 12.8 Å². The highest BCUT2D eigenvalue weighted by Crippen LogP contribution is 2.13. The van der Waals surface area contributed by atoms with E-state index in [4.69, 9.17) is 5.73 Å². The van der Waals surface area contributed by atoms with E-state index in [9.17, 15) is 9.90 Å². The van der Waals surface area contributed by atoms with Crippen LogP contribution in [0.2, 0.25) is 0 Å². The van der Waals surface area contributed by atoms with Crippen molar-refractivity contribution in [2.24, 2.45) is 5.73 Å². The summed E-state index contributed by atoms with van der Waals surface area (Å²) in [6.45, 7) is 8.26. The number of aliphatic hydroxyl groups is 1. The van der Waals surface area contributed by atoms with Crippen molar-refractivity contribution in [3.05, 3.63) is 13.2 Å². The Morgan fingerprint density at radius 1 is 0.783 bits per heavy atom. The number of amides is 1. The molecule has 1 unspecified atom stereocenters. The third-order valence-electron chi connectivity index (χ3n) is 4.16. The van der Waals surface area contributed by atoms with Crippen molar-refractivity contribution in [1.82, 2.24) is 0 Å². The van der Waals surface area contributed by atoms with Crippen LogP contribution in [0.1, 0.15) is 103 Å². The van der Waals surface area contributed by atoms with Gasteiger partial charge in [0.25, 0.3) is 0 Å². The molecule has 1 atom stereocenters. The van der Waals surface area contributed by atoms with E-state index < -0.39 is 12.0 Å². The zero-order valence-electron chi connectivity index (χ0n) is 15.5. The van der Waals surface area contributed by atoms with Gasteiger partial charge in [-0.1, -0.05) is 96.8 Å². The van der Waals surface area contributed by atoms with Gasteiger partial charge in [0.05, 0.1) is 0 Å². The normalized spacial score (nSPS) is 11.6. The average Bonchev–Trinajstić information content (AvgIpc) is 2.56. The number of rotatable bonds is 16. The van der Waals surface area contributed by atoms with Gasteiger partial charge >= 0.3 is 0 Å². The quantitative estimate of drug-likeness (QED) is 0.290. The Morgan fingerprint density at radius 2 is 1.09 bits per heavy atom. The lowest BCUT2D eigenvalue weighted by Gasteiger charge is -2.06. The summed E-state index contributed by atoms with van der Waals surface area (Å²) < 4.78 is 0. The molecular formula is C20H41NO2. The summed E-state index contributed by atoms with van der Waals surface area (Å²) in [6, 6.07) is 0. The molecule has 0 rings (SSSR count). The SMILES string of the molecule is C=C.CCCCCCCCCCCCCCCCC(O)C(N)=O. The summed E-state index contributed by atoms with van der Waals surface area (Å²) >= 11 is 0. The zero-order chi connectivity index (χ0) is 17.8. The highest BCUT2D eigenvalue weighted by molar-refractivity contribution is 5.78. The molecule has 0 saturated carbocycles. The number of primary amides is 1. The fraction of sp³-hybridized carbons (Fsp3) is 0.850. The molecule has 0 aromatic heterocycles. The van der Waals surface area contributed by atoms with Crippen LogP contribution in [0.15, 0.2) is 13.2 Å². The molecule has 0 aliphatic rings. The van der Waals surface area contributed by atoms with E-state index in [0.29, 0.717) is 6.42 Å². The number of hydrogen-bond donors (Lipinski definition) is 2. The van der Waals surface area contributed by atoms with E-state index in [1.807, 2.05) is 0 Å². The van der Waals surface area contributed by atoms with Gasteiger partial charge in [-0.25, -0.2) is 0 Å². The Kier molecular flexibility index (Phi) is 22.5. The Morgan fingerprint density at radius 3 is 1.39 bits per heavy atom. The van der Waals surface area contributed by atoms with Crippen molar-refractivity contribution >= 4 is 5.91 Å². The minimum absolute atomic E-state index is 0.521. The van der Waals surface area contributed by atoms with Gasteiger partial charge < -0.3 is 10.8 Å². The number of hydrogen-bond acceptors (Lipinski definition) is 2. The van der Waals surface area contributed by atoms with E-state index in [2.05, 4.69) is 20.1 Å². The van der Waals surface area contributed by atoms with Crippen LogP contribution >= 0.6 is 0 Å². The predicted octanol–water partition coefficient (Wildman–Crippen LogP) is 5.51. The molecule has 3 N–H and O–H groups in total. The lowest BCUT2D eigenvalue weighted by molar-refractivity contribution is -0.126. The van der Waals surface area contributed by atoms with Crippen LogP contribution in [-0.2, 0) is 4.79 Å². The fourth-order valence-electron chi connectivity index (χ4n) is 2.67. The molecule has 23 heavy (non-hydrogen) atoms. The van der Waals surface area contributed by atoms with Gasteiger partial charge in [-0.15, -0.1) is 13.2 Å². The third-order valence-corrected chi connectivity index (χ3v) is 4.16. The first-order chi connectivity index (χ1) is 11.2. The van der Waals surface area contributed by atoms with Crippen LogP contribution in [0.3, 0.4) is 0 Å². The Balaban J connectivity index is 0. The maximum absolute atomic E-state index is 10.6. The molecule has 0 fully saturated rings. The lowest BCUT2D eigenvalue weighted by Crippen LogP contribution is -2.27. The summed E-state index contributed by atoms with van der Waals surface area (Å²) in [5, 5.41) is 9.24. The van der Waals surface area contributed by atoms with Gasteiger partial charge in [-0.3, -0.25) is 4.79 Å². The van der Waals surface area contributed by atoms with Gasteiger partial charge in [0.15, 0.2) is 0 Å². The second-order valence-electron chi connectivity index (χ2n) is 6.30. The Labute approximate surface area is 144 Å². The van der Waals surface area contributed by atoms with Gasteiger partial charge in [0.1, 0.15) is 6.10 Å². The second kappa shape index (κ2) is 21.2. The van der Waals surface area contributed by atoms with Crippen molar-refractivity contribution in [1.29, 1.82) is 0 Å². The van der Waals surface area contributed by atoms with Gasteiger partial charge in [-0.05, 0) is 6.42 Å². The number of carbonyl (C=O) groups excluding carboxylic acids is 1. The monoisotopic (exact) mass is 327 g/mol. The molecule has 1 amide bonds. The van der Waals surface area contributed by atoms with Crippen LogP contribution in [-0.4, -0.2) is 17.1 Å². The molecule has 3 heteroatoms. The highest BCUT2D eigenvalue weighted by atomic mass is 16.3. The summed E-state index contributed by atoms with van der Waals surface area (Å²) in [4.78, 5) is 10.6. The fourth-order valence-corrected chi connectivity index (χ4v) is 2.67. The van der Waals surface area contributed by atoms with E-state index >= 15 is 0 Å². The van der Waals surface area contributed by atoms with Crippen LogP contribution in [0, 0.1) is 0 Å². The van der Waals surface area contributed by atoms with Crippen molar-refractivity contribution < 1.29 is 9.90 Å². The minimum atomic E-state index is -0.942. The number of nitrogens with two attached hydrogens (primary N) is 1. The molecule has 0 bridgehead atoms. The molecule has 0 heterocycles. The molecule has 138 valence electrons. The van der Waals surface area contributed by atoms with Gasteiger partial charge in [0.2, 0.25) is 5.91 Å². The maximum atomic E-state index is 10.6. The standard InChI is InChI=1S/C18H37NO2.C2H4/c1-2-3-4-5-6-7-8-9-10-11-12-13-14-15-16-17(20)18(19)21;1-2/h17,20H,2-16H2,1H3,(H2,19,21);1-2H2. The molecule has 0 spiro atoms. The molecule has 0 aliphatic carbocycles. The van der Waals surface area contributed by atoms with Crippen LogP contribution in [0.5, 0.6) is 0 Å². The molecule has 0 aromatic carbocycles. The van der Waals surface area contributed by atoms with Crippen LogP contribution in [0.25, 0.3) is 0 Å². The molecule has 0 aromatic rings. The van der Waals surface area contributed by atoms with Crippen LogP contribution < -0.4 is 5.73 Å². The van der Waals surface area contributed by atoms with E-state index in [1.54, 1.807) is 0 Å². The summed E-state index contributed by atoms with van der Waals surface area (Å²) in [6.07, 6.45) is 17.9. The predicted molar refractivity (Wildman–Crippen MR) is 101 cm³/mol. The van der Waals surface area contributed by atoms with E-state index in [1.165, 1.54) is 77.0 Å². The maximum Gasteiger partial charge on any atom is 0.246 e. The van der Waals surface area contributed by atoms with Gasteiger partial charge in [-0.2, -0.15) is 0 Å². The minimum Gasteiger partial charge on any atom is -0.383 e. The van der Waals surface area contributed by atoms with Crippen molar-refractivity contribution in [2.75, 3.05) is 0 Å². The molecule has 0 radical (unpaired) electrons. The van der Waals surface area contributed by atoms with E-state index in [-0.39, 0.29) is 0 Å². The van der Waals surface area contributed by atoms with Crippen molar-refractivity contribution in [3.63, 3.8) is 0 Å². The Hall–Kier alpha value is -0.830. The smallest absolute Gasteiger partial charge is 0.246 e. The molecule has 0 saturated heterocycles. The lowest BCUT2D eigenvalue weighted by atomic mass is 10.0. The number of aliphatic hydroxyl groups excluding tert-OH is 1. The molecule has 3 nitrogen and oxygen atoms in total. The first-order valence-electron chi connectivity index (χ1n) is 9.66. The van der Waals surface area contributed by atoms with Crippen molar-refractivity contribution in [3.8, 4) is 0 Å². The average molecular weight is 328 g/mol. The molecular weight excluding hydrogens is 286 g/mol. The first-order valence-corrected chi connectivity index (χ1v) is 9.66. The topological polar surface area (TPSA) is 63.3 Å². The van der Waals surface area contributed by atoms with Crippen LogP contribution in [0.4, 0.5) is 0 Å². The summed E-state index contributed by atoms with van der Waals surface area (Å²) in [7, 11) is 0. The summed E-state index contributed by atoms with van der Waals surface area (Å²) in [5.41, 5.74) is 5.00. The number of carbonyl (C=O) groups is 1. The third kappa shape index (κ3) is 21.2. The number of unbranched alkanes of at least 4 members (excludes halogenated alkanes) is 13.